The second-order valence-electron chi connectivity index (χ2n) is 3.96. The molecule has 1 heterocycles. The van der Waals surface area contributed by atoms with Crippen molar-refractivity contribution in [2.24, 2.45) is 5.73 Å². The Kier molecular flexibility index (Phi) is 2.98. The number of rotatable bonds is 1. The summed E-state index contributed by atoms with van der Waals surface area (Å²) in [5, 5.41) is 3.15. The van der Waals surface area contributed by atoms with E-state index < -0.39 is 5.82 Å². The van der Waals surface area contributed by atoms with Crippen molar-refractivity contribution in [2.45, 2.75) is 24.9 Å². The minimum Gasteiger partial charge on any atom is -0.328 e. The topological polar surface area (TPSA) is 38.0 Å². The Balaban J connectivity index is 2.24. The molecule has 1 saturated heterocycles. The van der Waals surface area contributed by atoms with Gasteiger partial charge in [0, 0.05) is 17.6 Å². The number of hydrogen-bond acceptors (Lipinski definition) is 2. The summed E-state index contributed by atoms with van der Waals surface area (Å²) in [6, 6.07) is 3.43. The Morgan fingerprint density at radius 1 is 1.33 bits per heavy atom. The van der Waals surface area contributed by atoms with Crippen LogP contribution in [0.1, 0.15) is 24.4 Å². The van der Waals surface area contributed by atoms with E-state index in [4.69, 9.17) is 5.73 Å². The van der Waals surface area contributed by atoms with Gasteiger partial charge in [0.15, 0.2) is 0 Å². The van der Waals surface area contributed by atoms with Crippen molar-refractivity contribution in [3.63, 3.8) is 0 Å². The predicted octanol–water partition coefficient (Wildman–Crippen LogP) is 1.72. The summed E-state index contributed by atoms with van der Waals surface area (Å²) in [7, 11) is 0. The van der Waals surface area contributed by atoms with Gasteiger partial charge < -0.3 is 11.1 Å². The molecule has 1 aliphatic rings. The minimum atomic E-state index is -0.410. The van der Waals surface area contributed by atoms with Crippen LogP contribution in [-0.2, 0) is 0 Å². The van der Waals surface area contributed by atoms with E-state index in [1.807, 2.05) is 0 Å². The van der Waals surface area contributed by atoms with Gasteiger partial charge >= 0.3 is 0 Å². The largest absolute Gasteiger partial charge is 0.328 e. The quantitative estimate of drug-likeness (QED) is 0.743. The number of nitrogens with two attached hydrogens (primary N) is 1. The van der Waals surface area contributed by atoms with Crippen molar-refractivity contribution >= 4 is 0 Å². The van der Waals surface area contributed by atoms with Crippen molar-refractivity contribution in [1.29, 1.82) is 0 Å². The van der Waals surface area contributed by atoms with Gasteiger partial charge in [-0.25, -0.2) is 8.78 Å². The van der Waals surface area contributed by atoms with Gasteiger partial charge in [0.1, 0.15) is 11.6 Å². The molecule has 1 aliphatic heterocycles. The van der Waals surface area contributed by atoms with Crippen LogP contribution in [-0.4, -0.2) is 12.6 Å². The van der Waals surface area contributed by atoms with Crippen molar-refractivity contribution in [1.82, 2.24) is 5.32 Å². The molecule has 1 aromatic rings. The molecule has 2 atom stereocenters. The van der Waals surface area contributed by atoms with Crippen LogP contribution in [0, 0.1) is 11.6 Å². The van der Waals surface area contributed by atoms with Gasteiger partial charge in [-0.3, -0.25) is 0 Å². The molecule has 3 N–H and O–H groups in total. The highest BCUT2D eigenvalue weighted by molar-refractivity contribution is 5.23. The van der Waals surface area contributed by atoms with Crippen LogP contribution >= 0.6 is 0 Å². The third-order valence-corrected chi connectivity index (χ3v) is 2.78. The lowest BCUT2D eigenvalue weighted by Crippen LogP contribution is -2.39. The fourth-order valence-corrected chi connectivity index (χ4v) is 1.97. The van der Waals surface area contributed by atoms with E-state index in [1.165, 1.54) is 6.07 Å². The Hall–Kier alpha value is -1.00. The second-order valence-corrected chi connectivity index (χ2v) is 3.96. The van der Waals surface area contributed by atoms with Crippen molar-refractivity contribution in [2.75, 3.05) is 6.54 Å². The first-order chi connectivity index (χ1) is 7.16. The van der Waals surface area contributed by atoms with Gasteiger partial charge in [0.25, 0.3) is 0 Å². The molecular formula is C11H14F2N2. The molecule has 0 bridgehead atoms. The molecule has 0 amide bonds. The zero-order valence-corrected chi connectivity index (χ0v) is 8.34. The molecule has 0 spiro atoms. The van der Waals surface area contributed by atoms with Crippen LogP contribution in [0.5, 0.6) is 0 Å². The van der Waals surface area contributed by atoms with E-state index in [-0.39, 0.29) is 17.9 Å². The average molecular weight is 212 g/mol. The van der Waals surface area contributed by atoms with E-state index in [0.717, 1.165) is 25.1 Å². The monoisotopic (exact) mass is 212 g/mol. The smallest absolute Gasteiger partial charge is 0.128 e. The van der Waals surface area contributed by atoms with Crippen LogP contribution in [0.3, 0.4) is 0 Å². The molecule has 2 nitrogen and oxygen atoms in total. The van der Waals surface area contributed by atoms with E-state index in [1.54, 1.807) is 0 Å². The first kappa shape index (κ1) is 10.5. The maximum atomic E-state index is 13.4. The maximum Gasteiger partial charge on any atom is 0.128 e. The molecule has 0 saturated carbocycles. The molecule has 82 valence electrons. The second kappa shape index (κ2) is 4.24. The SMILES string of the molecule is NC1CCN[C@H](c2cc(F)ccc2F)C1. The normalized spacial score (nSPS) is 26.6. The van der Waals surface area contributed by atoms with Crippen LogP contribution in [0.25, 0.3) is 0 Å². The Morgan fingerprint density at radius 3 is 2.87 bits per heavy atom. The molecule has 1 aromatic carbocycles. The van der Waals surface area contributed by atoms with Gasteiger partial charge in [-0.1, -0.05) is 0 Å². The minimum absolute atomic E-state index is 0.0684. The molecule has 0 radical (unpaired) electrons. The Labute approximate surface area is 87.5 Å². The number of halogens is 2. The van der Waals surface area contributed by atoms with Gasteiger partial charge in [-0.05, 0) is 37.6 Å². The third-order valence-electron chi connectivity index (χ3n) is 2.78. The summed E-state index contributed by atoms with van der Waals surface area (Å²) >= 11 is 0. The van der Waals surface area contributed by atoms with Crippen molar-refractivity contribution in [3.8, 4) is 0 Å². The zero-order valence-electron chi connectivity index (χ0n) is 8.34. The molecule has 0 aromatic heterocycles. The van der Waals surface area contributed by atoms with Gasteiger partial charge in [0.05, 0.1) is 0 Å². The molecule has 1 fully saturated rings. The fourth-order valence-electron chi connectivity index (χ4n) is 1.97. The number of benzene rings is 1. The zero-order chi connectivity index (χ0) is 10.8. The van der Waals surface area contributed by atoms with Crippen LogP contribution < -0.4 is 11.1 Å². The summed E-state index contributed by atoms with van der Waals surface area (Å²) in [5.41, 5.74) is 6.17. The van der Waals surface area contributed by atoms with Crippen molar-refractivity contribution < 1.29 is 8.78 Å². The molecule has 1 unspecified atom stereocenters. The lowest BCUT2D eigenvalue weighted by atomic mass is 9.94. The first-order valence-corrected chi connectivity index (χ1v) is 5.10. The Bertz CT molecular complexity index is 354. The van der Waals surface area contributed by atoms with E-state index in [2.05, 4.69) is 5.32 Å². The molecule has 4 heteroatoms. The van der Waals surface area contributed by atoms with Crippen LogP contribution in [0.15, 0.2) is 18.2 Å². The lowest BCUT2D eigenvalue weighted by Gasteiger charge is -2.28. The molecule has 2 rings (SSSR count). The first-order valence-electron chi connectivity index (χ1n) is 5.10. The van der Waals surface area contributed by atoms with E-state index in [9.17, 15) is 8.78 Å². The van der Waals surface area contributed by atoms with Gasteiger partial charge in [-0.15, -0.1) is 0 Å². The molecular weight excluding hydrogens is 198 g/mol. The summed E-state index contributed by atoms with van der Waals surface area (Å²) in [4.78, 5) is 0. The predicted molar refractivity (Wildman–Crippen MR) is 54.3 cm³/mol. The number of nitrogens with one attached hydrogen (secondary N) is 1. The maximum absolute atomic E-state index is 13.4. The summed E-state index contributed by atoms with van der Waals surface area (Å²) in [6.45, 7) is 0.752. The summed E-state index contributed by atoms with van der Waals surface area (Å²) in [6.07, 6.45) is 1.54. The van der Waals surface area contributed by atoms with Gasteiger partial charge in [-0.2, -0.15) is 0 Å². The number of hydrogen-bond donors (Lipinski definition) is 2. The van der Waals surface area contributed by atoms with Gasteiger partial charge in [0.2, 0.25) is 0 Å². The highest BCUT2D eigenvalue weighted by Crippen LogP contribution is 2.25. The average Bonchev–Trinajstić information content (AvgIpc) is 2.22. The molecule has 15 heavy (non-hydrogen) atoms. The fraction of sp³-hybridized carbons (Fsp3) is 0.455. The van der Waals surface area contributed by atoms with Crippen molar-refractivity contribution in [3.05, 3.63) is 35.4 Å². The van der Waals surface area contributed by atoms with Crippen LogP contribution in [0.4, 0.5) is 8.78 Å². The van der Waals surface area contributed by atoms with E-state index >= 15 is 0 Å². The number of piperidine rings is 1. The third kappa shape index (κ3) is 2.33. The standard InChI is InChI=1S/C11H14F2N2/c12-7-1-2-10(13)9(5-7)11-6-8(14)3-4-15-11/h1-2,5,8,11,15H,3-4,6,14H2/t8?,11-/m0/s1. The Morgan fingerprint density at radius 2 is 2.13 bits per heavy atom. The highest BCUT2D eigenvalue weighted by atomic mass is 19.1. The summed E-state index contributed by atoms with van der Waals surface area (Å²) in [5.74, 6) is -0.782. The van der Waals surface area contributed by atoms with E-state index in [0.29, 0.717) is 12.0 Å². The highest BCUT2D eigenvalue weighted by Gasteiger charge is 2.22. The molecule has 0 aliphatic carbocycles. The van der Waals surface area contributed by atoms with Crippen LogP contribution in [0.2, 0.25) is 0 Å². The lowest BCUT2D eigenvalue weighted by molar-refractivity contribution is 0.360. The summed E-state index contributed by atoms with van der Waals surface area (Å²) < 4.78 is 26.4.